The van der Waals surface area contributed by atoms with E-state index in [1.807, 2.05) is 34.1 Å². The molecule has 6 rings (SSSR count). The number of aromatic nitrogens is 3. The SMILES string of the molecule is CC(=O)N1C[C@@H]2CC[C@H](C1)N(C(=O)c1ccc(-c3cncc4[nH]cnc34)cc1)C2. The molecule has 0 aliphatic carbocycles. The van der Waals surface area contributed by atoms with Crippen molar-refractivity contribution in [2.24, 2.45) is 5.92 Å². The fourth-order valence-corrected chi connectivity index (χ4v) is 4.62. The zero-order valence-electron chi connectivity index (χ0n) is 16.3. The van der Waals surface area contributed by atoms with E-state index >= 15 is 0 Å². The number of benzene rings is 1. The van der Waals surface area contributed by atoms with Crippen molar-refractivity contribution in [1.82, 2.24) is 24.8 Å². The van der Waals surface area contributed by atoms with Gasteiger partial charge in [0, 0.05) is 49.9 Å². The van der Waals surface area contributed by atoms with Gasteiger partial charge in [0.2, 0.25) is 5.91 Å². The van der Waals surface area contributed by atoms with Crippen LogP contribution in [-0.2, 0) is 4.79 Å². The molecule has 7 heteroatoms. The second-order valence-corrected chi connectivity index (χ2v) is 8.04. The number of fused-ring (bicyclic) bond motifs is 5. The van der Waals surface area contributed by atoms with Crippen molar-refractivity contribution in [2.45, 2.75) is 25.8 Å². The van der Waals surface area contributed by atoms with Gasteiger partial charge in [-0.15, -0.1) is 0 Å². The molecule has 0 radical (unpaired) electrons. The molecule has 0 spiro atoms. The second-order valence-electron chi connectivity index (χ2n) is 8.04. The Morgan fingerprint density at radius 1 is 1.07 bits per heavy atom. The van der Waals surface area contributed by atoms with Gasteiger partial charge < -0.3 is 14.8 Å². The van der Waals surface area contributed by atoms with Crippen molar-refractivity contribution < 1.29 is 9.59 Å². The Bertz CT molecular complexity index is 1070. The van der Waals surface area contributed by atoms with Gasteiger partial charge in [-0.05, 0) is 36.5 Å². The van der Waals surface area contributed by atoms with E-state index in [0.717, 1.165) is 48.1 Å². The Kier molecular flexibility index (Phi) is 4.30. The zero-order valence-corrected chi connectivity index (χ0v) is 16.3. The largest absolute Gasteiger partial charge is 0.343 e. The van der Waals surface area contributed by atoms with Crippen LogP contribution in [0.5, 0.6) is 0 Å². The van der Waals surface area contributed by atoms with E-state index in [4.69, 9.17) is 0 Å². The monoisotopic (exact) mass is 389 g/mol. The standard InChI is InChI=1S/C22H23N5O2/c1-14(28)26-10-15-2-7-18(12-26)27(11-15)22(29)17-5-3-16(4-6-17)19-8-23-9-20-21(19)25-13-24-20/h3-6,8-9,13,15,18H,2,7,10-12H2,1H3,(H,24,25)/t15-,18+/m0/s1. The van der Waals surface area contributed by atoms with Crippen molar-refractivity contribution in [1.29, 1.82) is 0 Å². The number of nitrogens with one attached hydrogen (secondary N) is 1. The molecular weight excluding hydrogens is 366 g/mol. The van der Waals surface area contributed by atoms with Crippen molar-refractivity contribution in [3.63, 3.8) is 0 Å². The highest BCUT2D eigenvalue weighted by Crippen LogP contribution is 2.30. The van der Waals surface area contributed by atoms with E-state index in [1.54, 1.807) is 25.6 Å². The predicted molar refractivity (Wildman–Crippen MR) is 109 cm³/mol. The summed E-state index contributed by atoms with van der Waals surface area (Å²) in [6.07, 6.45) is 7.25. The summed E-state index contributed by atoms with van der Waals surface area (Å²) in [4.78, 5) is 40.7. The molecule has 7 nitrogen and oxygen atoms in total. The number of carbonyl (C=O) groups excluding carboxylic acids is 2. The molecule has 3 fully saturated rings. The molecule has 1 aromatic carbocycles. The molecule has 3 aliphatic rings. The van der Waals surface area contributed by atoms with Crippen molar-refractivity contribution in [3.8, 4) is 11.1 Å². The number of carbonyl (C=O) groups is 2. The van der Waals surface area contributed by atoms with Crippen LogP contribution in [-0.4, -0.2) is 62.2 Å². The lowest BCUT2D eigenvalue weighted by Crippen LogP contribution is -2.47. The maximum Gasteiger partial charge on any atom is 0.254 e. The van der Waals surface area contributed by atoms with E-state index in [9.17, 15) is 9.59 Å². The third-order valence-electron chi connectivity index (χ3n) is 6.19. The van der Waals surface area contributed by atoms with Crippen LogP contribution in [0.1, 0.15) is 30.1 Å². The molecule has 0 saturated carbocycles. The summed E-state index contributed by atoms with van der Waals surface area (Å²) in [5.41, 5.74) is 4.35. The lowest BCUT2D eigenvalue weighted by Gasteiger charge is -2.36. The number of H-pyrrole nitrogens is 1. The number of amides is 2. The molecule has 3 aliphatic heterocycles. The third kappa shape index (κ3) is 3.16. The highest BCUT2D eigenvalue weighted by atomic mass is 16.2. The first-order valence-corrected chi connectivity index (χ1v) is 10.0. The average Bonchev–Trinajstić information content (AvgIpc) is 3.03. The summed E-state index contributed by atoms with van der Waals surface area (Å²) >= 11 is 0. The van der Waals surface area contributed by atoms with Crippen LogP contribution in [0.15, 0.2) is 43.0 Å². The van der Waals surface area contributed by atoms with Gasteiger partial charge >= 0.3 is 0 Å². The zero-order chi connectivity index (χ0) is 20.0. The summed E-state index contributed by atoms with van der Waals surface area (Å²) < 4.78 is 0. The smallest absolute Gasteiger partial charge is 0.254 e. The minimum absolute atomic E-state index is 0.0488. The molecule has 2 amide bonds. The van der Waals surface area contributed by atoms with E-state index in [0.29, 0.717) is 18.0 Å². The highest BCUT2D eigenvalue weighted by Gasteiger charge is 2.38. The minimum Gasteiger partial charge on any atom is -0.343 e. The number of rotatable bonds is 2. The molecule has 5 heterocycles. The normalized spacial score (nSPS) is 21.4. The van der Waals surface area contributed by atoms with Gasteiger partial charge in [0.25, 0.3) is 5.91 Å². The number of hydrogen-bond acceptors (Lipinski definition) is 4. The maximum atomic E-state index is 13.2. The first-order valence-electron chi connectivity index (χ1n) is 10.0. The number of pyridine rings is 1. The highest BCUT2D eigenvalue weighted by molar-refractivity contribution is 5.96. The van der Waals surface area contributed by atoms with Gasteiger partial charge in [-0.1, -0.05) is 12.1 Å². The van der Waals surface area contributed by atoms with Crippen LogP contribution in [0, 0.1) is 5.92 Å². The average molecular weight is 389 g/mol. The molecule has 2 aromatic heterocycles. The fourth-order valence-electron chi connectivity index (χ4n) is 4.62. The molecule has 2 bridgehead atoms. The Hall–Kier alpha value is -3.22. The van der Waals surface area contributed by atoms with Gasteiger partial charge in [0.1, 0.15) is 0 Å². The summed E-state index contributed by atoms with van der Waals surface area (Å²) in [5.74, 6) is 0.513. The summed E-state index contributed by atoms with van der Waals surface area (Å²) in [5, 5.41) is 0. The Morgan fingerprint density at radius 3 is 2.69 bits per heavy atom. The topological polar surface area (TPSA) is 82.2 Å². The van der Waals surface area contributed by atoms with E-state index in [-0.39, 0.29) is 17.9 Å². The summed E-state index contributed by atoms with van der Waals surface area (Å²) in [6.45, 7) is 3.74. The van der Waals surface area contributed by atoms with Crippen LogP contribution in [0.3, 0.4) is 0 Å². The minimum atomic E-state index is 0.0488. The number of piperidine rings is 1. The molecule has 2 atom stereocenters. The van der Waals surface area contributed by atoms with Gasteiger partial charge in [-0.2, -0.15) is 0 Å². The lowest BCUT2D eigenvalue weighted by molar-refractivity contribution is -0.129. The van der Waals surface area contributed by atoms with Crippen LogP contribution < -0.4 is 0 Å². The van der Waals surface area contributed by atoms with Crippen molar-refractivity contribution in [2.75, 3.05) is 19.6 Å². The van der Waals surface area contributed by atoms with Crippen LogP contribution >= 0.6 is 0 Å². The molecule has 3 aromatic rings. The first-order chi connectivity index (χ1) is 14.1. The van der Waals surface area contributed by atoms with Crippen LogP contribution in [0.2, 0.25) is 0 Å². The number of aromatic amines is 1. The van der Waals surface area contributed by atoms with E-state index in [2.05, 4.69) is 15.0 Å². The quantitative estimate of drug-likeness (QED) is 0.731. The third-order valence-corrected chi connectivity index (χ3v) is 6.19. The molecule has 29 heavy (non-hydrogen) atoms. The van der Waals surface area contributed by atoms with Crippen molar-refractivity contribution >= 4 is 22.8 Å². The van der Waals surface area contributed by atoms with Crippen LogP contribution in [0.25, 0.3) is 22.2 Å². The predicted octanol–water partition coefficient (Wildman–Crippen LogP) is 2.71. The van der Waals surface area contributed by atoms with E-state index < -0.39 is 0 Å². The molecule has 1 N–H and O–H groups in total. The summed E-state index contributed by atoms with van der Waals surface area (Å²) in [6, 6.07) is 7.77. The molecule has 0 unspecified atom stereocenters. The summed E-state index contributed by atoms with van der Waals surface area (Å²) in [7, 11) is 0. The Balaban J connectivity index is 1.40. The molecule has 148 valence electrons. The maximum absolute atomic E-state index is 13.2. The fraction of sp³-hybridized carbons (Fsp3) is 0.364. The van der Waals surface area contributed by atoms with Crippen molar-refractivity contribution in [3.05, 3.63) is 48.5 Å². The van der Waals surface area contributed by atoms with Gasteiger partial charge in [-0.25, -0.2) is 4.98 Å². The number of hydrogen-bond donors (Lipinski definition) is 1. The Labute approximate surface area is 168 Å². The van der Waals surface area contributed by atoms with E-state index in [1.165, 1.54) is 0 Å². The van der Waals surface area contributed by atoms with Crippen LogP contribution in [0.4, 0.5) is 0 Å². The first kappa shape index (κ1) is 17.8. The van der Waals surface area contributed by atoms with Gasteiger partial charge in [0.15, 0.2) is 0 Å². The van der Waals surface area contributed by atoms with Gasteiger partial charge in [0.05, 0.1) is 23.6 Å². The Morgan fingerprint density at radius 2 is 1.90 bits per heavy atom. The van der Waals surface area contributed by atoms with Gasteiger partial charge in [-0.3, -0.25) is 14.6 Å². The number of imidazole rings is 1. The molecular formula is C22H23N5O2. The molecule has 3 saturated heterocycles. The second kappa shape index (κ2) is 6.99. The lowest BCUT2D eigenvalue weighted by atomic mass is 9.94. The number of nitrogens with zero attached hydrogens (tertiary/aromatic N) is 4.